The molecule has 2 unspecified atom stereocenters. The van der Waals surface area contributed by atoms with Gasteiger partial charge in [-0.25, -0.2) is 0 Å². The molecule has 2 N–H and O–H groups in total. The molecule has 0 aliphatic carbocycles. The Morgan fingerprint density at radius 2 is 0.900 bits per heavy atom. The van der Waals surface area contributed by atoms with Gasteiger partial charge in [-0.3, -0.25) is 9.59 Å². The van der Waals surface area contributed by atoms with Gasteiger partial charge in [0.15, 0.2) is 11.6 Å². The predicted octanol–water partition coefficient (Wildman–Crippen LogP) is 8.76. The van der Waals surface area contributed by atoms with Crippen LogP contribution >= 0.6 is 0 Å². The molecule has 0 radical (unpaired) electrons. The quantitative estimate of drug-likeness (QED) is 0.158. The van der Waals surface area contributed by atoms with Crippen molar-refractivity contribution in [3.8, 4) is 11.5 Å². The third-order valence-electron chi connectivity index (χ3n) is 7.68. The topological polar surface area (TPSA) is 74.6 Å². The fourth-order valence-corrected chi connectivity index (χ4v) is 4.64. The van der Waals surface area contributed by atoms with E-state index in [2.05, 4.69) is 13.8 Å². The highest BCUT2D eigenvalue weighted by molar-refractivity contribution is 6.10. The summed E-state index contributed by atoms with van der Waals surface area (Å²) in [6.45, 7) is 8.18. The van der Waals surface area contributed by atoms with Crippen molar-refractivity contribution in [2.24, 2.45) is 0 Å². The summed E-state index contributed by atoms with van der Waals surface area (Å²) in [4.78, 5) is 26.1. The van der Waals surface area contributed by atoms with Gasteiger partial charge >= 0.3 is 0 Å². The van der Waals surface area contributed by atoms with E-state index in [0.29, 0.717) is 22.3 Å². The Labute approximate surface area is 236 Å². The zero-order chi connectivity index (χ0) is 28.8. The molecule has 0 saturated heterocycles. The van der Waals surface area contributed by atoms with Crippen molar-refractivity contribution in [2.45, 2.75) is 52.4 Å². The summed E-state index contributed by atoms with van der Waals surface area (Å²) in [5.41, 5.74) is 5.79. The van der Waals surface area contributed by atoms with Gasteiger partial charge in [0.25, 0.3) is 0 Å². The van der Waals surface area contributed by atoms with Crippen LogP contribution in [0.4, 0.5) is 0 Å². The van der Waals surface area contributed by atoms with E-state index >= 15 is 0 Å². The summed E-state index contributed by atoms with van der Waals surface area (Å²) in [5, 5.41) is 20.3. The minimum atomic E-state index is -0.0785. The molecule has 4 heteroatoms. The maximum atomic E-state index is 13.0. The normalized spacial score (nSPS) is 12.8. The highest BCUT2D eigenvalue weighted by Crippen LogP contribution is 2.31. The SMILES string of the molecule is CCC(C)c1cc(C(=O)c2ccc(/C=C/c3ccc(C(=O)c4ccc(O)c(C(C)CC)c4)cc3)cc2)ccc1O. The smallest absolute Gasteiger partial charge is 0.193 e. The van der Waals surface area contributed by atoms with Crippen molar-refractivity contribution in [3.05, 3.63) is 129 Å². The molecular formula is C36H36O4. The molecule has 0 aliphatic heterocycles. The number of hydrogen-bond donors (Lipinski definition) is 2. The first-order valence-electron chi connectivity index (χ1n) is 13.8. The summed E-state index contributed by atoms with van der Waals surface area (Å²) >= 11 is 0. The van der Waals surface area contributed by atoms with Crippen molar-refractivity contribution >= 4 is 23.7 Å². The predicted molar refractivity (Wildman–Crippen MR) is 162 cm³/mol. The van der Waals surface area contributed by atoms with E-state index in [4.69, 9.17) is 0 Å². The van der Waals surface area contributed by atoms with Crippen LogP contribution in [0.1, 0.15) is 106 Å². The molecule has 0 amide bonds. The lowest BCUT2D eigenvalue weighted by Gasteiger charge is -2.13. The summed E-state index contributed by atoms with van der Waals surface area (Å²) in [5.74, 6) is 0.626. The Kier molecular flexibility index (Phi) is 9.00. The van der Waals surface area contributed by atoms with Gasteiger partial charge < -0.3 is 10.2 Å². The van der Waals surface area contributed by atoms with Crippen LogP contribution in [0.5, 0.6) is 11.5 Å². The molecule has 4 aromatic carbocycles. The average Bonchev–Trinajstić information content (AvgIpc) is 2.99. The molecule has 4 aromatic rings. The molecule has 0 heterocycles. The molecule has 0 aliphatic rings. The van der Waals surface area contributed by atoms with Crippen molar-refractivity contribution in [1.29, 1.82) is 0 Å². The van der Waals surface area contributed by atoms with Gasteiger partial charge in [-0.15, -0.1) is 0 Å². The summed E-state index contributed by atoms with van der Waals surface area (Å²) < 4.78 is 0. The van der Waals surface area contributed by atoms with Crippen molar-refractivity contribution < 1.29 is 19.8 Å². The fraction of sp³-hybridized carbons (Fsp3) is 0.222. The highest BCUT2D eigenvalue weighted by Gasteiger charge is 2.16. The Hall–Kier alpha value is -4.44. The van der Waals surface area contributed by atoms with Gasteiger partial charge in [-0.1, -0.05) is 88.4 Å². The van der Waals surface area contributed by atoms with E-state index in [-0.39, 0.29) is 34.9 Å². The molecule has 0 bridgehead atoms. The van der Waals surface area contributed by atoms with E-state index < -0.39 is 0 Å². The molecule has 4 nitrogen and oxygen atoms in total. The van der Waals surface area contributed by atoms with Crippen molar-refractivity contribution in [1.82, 2.24) is 0 Å². The van der Waals surface area contributed by atoms with Gasteiger partial charge in [-0.05, 0) is 83.3 Å². The maximum Gasteiger partial charge on any atom is 0.193 e. The lowest BCUT2D eigenvalue weighted by atomic mass is 9.93. The summed E-state index contributed by atoms with van der Waals surface area (Å²) in [6, 6.07) is 24.9. The molecule has 0 saturated carbocycles. The minimum absolute atomic E-state index is 0.0785. The zero-order valence-electron chi connectivity index (χ0n) is 23.5. The number of rotatable bonds is 10. The summed E-state index contributed by atoms with van der Waals surface area (Å²) in [6.07, 6.45) is 5.68. The minimum Gasteiger partial charge on any atom is -0.508 e. The van der Waals surface area contributed by atoms with Crippen LogP contribution in [0.15, 0.2) is 84.9 Å². The van der Waals surface area contributed by atoms with E-state index in [1.54, 1.807) is 36.4 Å². The molecule has 0 aromatic heterocycles. The number of carbonyl (C=O) groups is 2. The number of carbonyl (C=O) groups excluding carboxylic acids is 2. The molecule has 0 spiro atoms. The number of benzene rings is 4. The van der Waals surface area contributed by atoms with E-state index in [1.807, 2.05) is 74.5 Å². The largest absolute Gasteiger partial charge is 0.508 e. The molecule has 0 fully saturated rings. The number of hydrogen-bond acceptors (Lipinski definition) is 4. The number of phenolic OH excluding ortho intramolecular Hbond substituents is 2. The van der Waals surface area contributed by atoms with Crippen LogP contribution in [0.2, 0.25) is 0 Å². The van der Waals surface area contributed by atoms with Crippen LogP contribution in [-0.4, -0.2) is 21.8 Å². The molecule has 2 atom stereocenters. The molecule has 40 heavy (non-hydrogen) atoms. The summed E-state index contributed by atoms with van der Waals surface area (Å²) in [7, 11) is 0. The Morgan fingerprint density at radius 1 is 0.575 bits per heavy atom. The van der Waals surface area contributed by atoms with Gasteiger partial charge in [0.05, 0.1) is 0 Å². The van der Waals surface area contributed by atoms with Crippen LogP contribution in [0.25, 0.3) is 12.2 Å². The standard InChI is InChI=1S/C36H36O4/c1-5-23(3)31-21-29(17-19-33(31)37)35(39)27-13-9-25(10-14-27)7-8-26-11-15-28(16-12-26)36(40)30-18-20-34(38)32(22-30)24(4)6-2/h7-24,37-38H,5-6H2,1-4H3/b8-7+. The first kappa shape index (κ1) is 28.6. The third kappa shape index (κ3) is 6.40. The van der Waals surface area contributed by atoms with Gasteiger partial charge in [0.1, 0.15) is 11.5 Å². The second-order valence-corrected chi connectivity index (χ2v) is 10.4. The first-order chi connectivity index (χ1) is 19.2. The number of aromatic hydroxyl groups is 2. The van der Waals surface area contributed by atoms with Crippen LogP contribution in [0.3, 0.4) is 0 Å². The molecule has 4 rings (SSSR count). The molecule has 204 valence electrons. The molecular weight excluding hydrogens is 496 g/mol. The van der Waals surface area contributed by atoms with Crippen LogP contribution in [0, 0.1) is 0 Å². The second kappa shape index (κ2) is 12.6. The number of ketones is 2. The van der Waals surface area contributed by atoms with Crippen LogP contribution in [-0.2, 0) is 0 Å². The lowest BCUT2D eigenvalue weighted by molar-refractivity contribution is 0.103. The Morgan fingerprint density at radius 3 is 1.23 bits per heavy atom. The fourth-order valence-electron chi connectivity index (χ4n) is 4.64. The van der Waals surface area contributed by atoms with Crippen molar-refractivity contribution in [3.63, 3.8) is 0 Å². The van der Waals surface area contributed by atoms with E-state index in [9.17, 15) is 19.8 Å². The van der Waals surface area contributed by atoms with Gasteiger partial charge in [-0.2, -0.15) is 0 Å². The van der Waals surface area contributed by atoms with Gasteiger partial charge in [0, 0.05) is 22.3 Å². The second-order valence-electron chi connectivity index (χ2n) is 10.4. The third-order valence-corrected chi connectivity index (χ3v) is 7.68. The maximum absolute atomic E-state index is 13.0. The zero-order valence-corrected chi connectivity index (χ0v) is 23.5. The first-order valence-corrected chi connectivity index (χ1v) is 13.8. The lowest BCUT2D eigenvalue weighted by Crippen LogP contribution is -2.03. The van der Waals surface area contributed by atoms with Crippen LogP contribution < -0.4 is 0 Å². The van der Waals surface area contributed by atoms with E-state index in [0.717, 1.165) is 35.1 Å². The average molecular weight is 533 g/mol. The van der Waals surface area contributed by atoms with Gasteiger partial charge in [0.2, 0.25) is 0 Å². The Bertz CT molecular complexity index is 1410. The van der Waals surface area contributed by atoms with Crippen molar-refractivity contribution in [2.75, 3.05) is 0 Å². The highest BCUT2D eigenvalue weighted by atomic mass is 16.3. The monoisotopic (exact) mass is 532 g/mol. The Balaban J connectivity index is 1.44. The van der Waals surface area contributed by atoms with E-state index in [1.165, 1.54) is 0 Å². The number of phenols is 2.